The molecule has 3 aliphatic carbocycles. The first-order valence-corrected chi connectivity index (χ1v) is 12.2. The number of anilines is 2. The monoisotopic (exact) mass is 447 g/mol. The first kappa shape index (κ1) is 20.8. The van der Waals surface area contributed by atoms with E-state index in [0.717, 1.165) is 70.4 Å². The number of benzene rings is 2. The lowest BCUT2D eigenvalue weighted by Crippen LogP contribution is -2.22. The summed E-state index contributed by atoms with van der Waals surface area (Å²) in [6.45, 7) is 4.26. The smallest absolute Gasteiger partial charge is 0.0900 e. The van der Waals surface area contributed by atoms with Gasteiger partial charge in [-0.2, -0.15) is 0 Å². The molecule has 0 saturated heterocycles. The Morgan fingerprint density at radius 1 is 1.00 bits per heavy atom. The highest BCUT2D eigenvalue weighted by Gasteiger charge is 2.20. The molecule has 0 radical (unpaired) electrons. The van der Waals surface area contributed by atoms with Gasteiger partial charge in [-0.3, -0.25) is 9.98 Å². The van der Waals surface area contributed by atoms with E-state index in [4.69, 9.17) is 9.98 Å². The average Bonchev–Trinajstić information content (AvgIpc) is 2.81. The Balaban J connectivity index is 1.61. The van der Waals surface area contributed by atoms with Crippen LogP contribution in [-0.4, -0.2) is 20.6 Å². The van der Waals surface area contributed by atoms with E-state index in [-0.39, 0.29) is 0 Å². The van der Waals surface area contributed by atoms with E-state index in [1.54, 1.807) is 0 Å². The van der Waals surface area contributed by atoms with Crippen molar-refractivity contribution in [3.8, 4) is 11.4 Å². The molecule has 0 bridgehead atoms. The summed E-state index contributed by atoms with van der Waals surface area (Å²) >= 11 is 0. The fourth-order valence-corrected chi connectivity index (χ4v) is 4.77. The third-order valence-electron chi connectivity index (χ3n) is 6.87. The molecule has 0 spiro atoms. The number of hydrogen-bond acceptors (Lipinski definition) is 4. The second kappa shape index (κ2) is 8.56. The van der Waals surface area contributed by atoms with Crippen LogP contribution in [0.25, 0.3) is 28.1 Å². The maximum atomic E-state index is 5.16. The summed E-state index contributed by atoms with van der Waals surface area (Å²) in [7, 11) is 0. The third-order valence-corrected chi connectivity index (χ3v) is 6.87. The Bertz CT molecular complexity index is 1490. The van der Waals surface area contributed by atoms with Gasteiger partial charge in [-0.25, -0.2) is 4.98 Å². The maximum Gasteiger partial charge on any atom is 0.0900 e. The summed E-state index contributed by atoms with van der Waals surface area (Å²) < 4.78 is 2.39. The summed E-state index contributed by atoms with van der Waals surface area (Å²) in [6.07, 6.45) is 13.9. The molecule has 1 aliphatic heterocycles. The number of para-hydroxylation sites is 2. The third kappa shape index (κ3) is 3.92. The van der Waals surface area contributed by atoms with E-state index in [1.165, 1.54) is 17.7 Å². The van der Waals surface area contributed by atoms with E-state index in [1.807, 2.05) is 12.4 Å². The summed E-state index contributed by atoms with van der Waals surface area (Å²) in [4.78, 5) is 14.6. The average molecular weight is 448 g/mol. The highest BCUT2D eigenvalue weighted by molar-refractivity contribution is 5.86. The van der Waals surface area contributed by atoms with Gasteiger partial charge in [0.1, 0.15) is 0 Å². The molecule has 1 aromatic carbocycles. The minimum absolute atomic E-state index is 0.398. The van der Waals surface area contributed by atoms with Gasteiger partial charge in [0.2, 0.25) is 0 Å². The topological polar surface area (TPSA) is 55.1 Å². The van der Waals surface area contributed by atoms with Crippen molar-refractivity contribution in [1.82, 2.24) is 14.5 Å². The van der Waals surface area contributed by atoms with E-state index < -0.39 is 0 Å². The normalized spacial score (nSPS) is 16.9. The summed E-state index contributed by atoms with van der Waals surface area (Å²) in [5, 5.41) is 4.58. The van der Waals surface area contributed by atoms with Crippen molar-refractivity contribution in [2.45, 2.75) is 52.0 Å². The molecule has 0 unspecified atom stereocenters. The zero-order valence-corrected chi connectivity index (χ0v) is 19.8. The number of nitrogens with zero attached hydrogens (tertiary/aromatic N) is 4. The molecule has 2 heterocycles. The van der Waals surface area contributed by atoms with Crippen LogP contribution >= 0.6 is 0 Å². The van der Waals surface area contributed by atoms with Crippen molar-refractivity contribution in [2.24, 2.45) is 4.99 Å². The summed E-state index contributed by atoms with van der Waals surface area (Å²) in [5.74, 6) is 0. The van der Waals surface area contributed by atoms with E-state index in [0.29, 0.717) is 6.04 Å². The minimum Gasteiger partial charge on any atom is -0.352 e. The van der Waals surface area contributed by atoms with Crippen molar-refractivity contribution in [2.75, 3.05) is 5.32 Å². The van der Waals surface area contributed by atoms with Crippen molar-refractivity contribution in [3.63, 3.8) is 0 Å². The number of fused-ring (bicyclic) bond motifs is 2. The van der Waals surface area contributed by atoms with Crippen LogP contribution in [0.3, 0.4) is 0 Å². The van der Waals surface area contributed by atoms with Gasteiger partial charge < -0.3 is 9.88 Å². The van der Waals surface area contributed by atoms with Crippen molar-refractivity contribution in [3.05, 3.63) is 83.5 Å². The van der Waals surface area contributed by atoms with Gasteiger partial charge >= 0.3 is 0 Å². The Labute approximate surface area is 200 Å². The van der Waals surface area contributed by atoms with Crippen LogP contribution in [0.1, 0.15) is 44.6 Å². The van der Waals surface area contributed by atoms with Crippen LogP contribution in [0.2, 0.25) is 0 Å². The van der Waals surface area contributed by atoms with Crippen molar-refractivity contribution >= 4 is 28.1 Å². The van der Waals surface area contributed by atoms with Crippen LogP contribution in [0, 0.1) is 6.92 Å². The Kier molecular flexibility index (Phi) is 5.25. The van der Waals surface area contributed by atoms with Gasteiger partial charge in [0.05, 0.1) is 51.4 Å². The maximum absolute atomic E-state index is 5.16. The fraction of sp³-hybridized carbons (Fsp3) is 0.276. The molecule has 6 rings (SSSR count). The predicted octanol–water partition coefficient (Wildman–Crippen LogP) is 6.62. The minimum atomic E-state index is 0.398. The molecule has 5 heteroatoms. The highest BCUT2D eigenvalue weighted by atomic mass is 15.0. The zero-order chi connectivity index (χ0) is 23.1. The highest BCUT2D eigenvalue weighted by Crippen LogP contribution is 2.33. The number of allylic oxidation sites excluding steroid dienone is 4. The molecule has 2 aromatic rings. The molecule has 170 valence electrons. The zero-order valence-electron chi connectivity index (χ0n) is 19.8. The van der Waals surface area contributed by atoms with E-state index in [2.05, 4.69) is 83.3 Å². The lowest BCUT2D eigenvalue weighted by Gasteiger charge is -2.25. The number of aryl methyl sites for hydroxylation is 1. The Hall–Kier alpha value is -3.73. The molecule has 34 heavy (non-hydrogen) atoms. The molecular formula is C29H29N5. The van der Waals surface area contributed by atoms with Crippen molar-refractivity contribution < 1.29 is 0 Å². The number of hydrogen-bond donors (Lipinski definition) is 1. The second-order valence-corrected chi connectivity index (χ2v) is 9.55. The first-order chi connectivity index (χ1) is 16.6. The van der Waals surface area contributed by atoms with E-state index in [9.17, 15) is 0 Å². The van der Waals surface area contributed by atoms with Crippen LogP contribution in [0.5, 0.6) is 0 Å². The molecule has 4 aliphatic rings. The molecule has 1 fully saturated rings. The van der Waals surface area contributed by atoms with Gasteiger partial charge in [0, 0.05) is 11.9 Å². The van der Waals surface area contributed by atoms with Crippen LogP contribution in [0.15, 0.2) is 77.6 Å². The van der Waals surface area contributed by atoms with Gasteiger partial charge in [-0.15, -0.1) is 0 Å². The largest absolute Gasteiger partial charge is 0.352 e. The van der Waals surface area contributed by atoms with Gasteiger partial charge in [-0.05, 0) is 87.9 Å². The predicted molar refractivity (Wildman–Crippen MR) is 139 cm³/mol. The number of aromatic nitrogens is 3. The molecule has 1 N–H and O–H groups in total. The van der Waals surface area contributed by atoms with Crippen molar-refractivity contribution in [1.29, 1.82) is 0 Å². The summed E-state index contributed by atoms with van der Waals surface area (Å²) in [6, 6.07) is 15.3. The molecular weight excluding hydrogens is 418 g/mol. The lowest BCUT2D eigenvalue weighted by molar-refractivity contribution is 0.413. The molecule has 1 saturated carbocycles. The van der Waals surface area contributed by atoms with Gasteiger partial charge in [0.15, 0.2) is 0 Å². The van der Waals surface area contributed by atoms with Crippen LogP contribution in [0.4, 0.5) is 11.4 Å². The molecule has 1 aromatic heterocycles. The number of rotatable bonds is 4. The Morgan fingerprint density at radius 3 is 2.65 bits per heavy atom. The first-order valence-electron chi connectivity index (χ1n) is 12.2. The standard InChI is InChI=1S/C29H29N5/c1-19-10-12-23(13-11-19)34-28-9-4-3-8-24(28)33-27-15-25(32-22-14-20(2)17-30-18-22)26(16-29(27)34)31-21-6-5-7-21/h3-4,8-10,12,14-18,21,32H,5-7,11,13H2,1-2H3/b31-26+. The van der Waals surface area contributed by atoms with Gasteiger partial charge in [0.25, 0.3) is 0 Å². The molecule has 0 atom stereocenters. The van der Waals surface area contributed by atoms with Gasteiger partial charge in [-0.1, -0.05) is 23.8 Å². The summed E-state index contributed by atoms with van der Waals surface area (Å²) in [5.41, 5.74) is 9.98. The van der Waals surface area contributed by atoms with E-state index >= 15 is 0 Å². The van der Waals surface area contributed by atoms with Crippen LogP contribution in [-0.2, 0) is 0 Å². The lowest BCUT2D eigenvalue weighted by atomic mass is 9.94. The Morgan fingerprint density at radius 2 is 1.88 bits per heavy atom. The number of nitrogens with one attached hydrogen (secondary N) is 1. The molecule has 5 nitrogen and oxygen atoms in total. The second-order valence-electron chi connectivity index (χ2n) is 9.55. The fourth-order valence-electron chi connectivity index (χ4n) is 4.77. The molecule has 0 amide bonds. The van der Waals surface area contributed by atoms with Crippen LogP contribution < -0.4 is 10.7 Å². The quantitative estimate of drug-likeness (QED) is 0.358. The number of pyridine rings is 1. The SMILES string of the molecule is CC1=CC=C(n2c3c/c(=N\C4CCC4)c(Nc4cncc(C)c4)cc-3nc3ccccc32)CC1.